The molecule has 0 saturated carbocycles. The summed E-state index contributed by atoms with van der Waals surface area (Å²) in [5, 5.41) is 5.73. The molecule has 22 aromatic rings. The van der Waals surface area contributed by atoms with Gasteiger partial charge in [0.1, 0.15) is 5.15 Å². The Morgan fingerprint density at radius 2 is 0.417 bits per heavy atom. The van der Waals surface area contributed by atoms with Gasteiger partial charge in [0.25, 0.3) is 0 Å². The Labute approximate surface area is 776 Å². The predicted octanol–water partition coefficient (Wildman–Crippen LogP) is 31.2. The Hall–Kier alpha value is -14.0. The summed E-state index contributed by atoms with van der Waals surface area (Å²) in [7, 11) is 0. The maximum atomic E-state index is 6.10. The van der Waals surface area contributed by atoms with Crippen LogP contribution < -0.4 is 0 Å². The van der Waals surface area contributed by atoms with E-state index >= 15 is 0 Å². The molecule has 0 atom stereocenters. The number of nitrogens with zero attached hydrogens (tertiary/aromatic N) is 12. The van der Waals surface area contributed by atoms with Crippen LogP contribution in [0.2, 0.25) is 10.4 Å². The number of hydrogen-bond donors (Lipinski definition) is 0. The summed E-state index contributed by atoms with van der Waals surface area (Å²) in [4.78, 5) is 55.6. The van der Waals surface area contributed by atoms with Crippen LogP contribution >= 0.6 is 93.7 Å². The second-order valence-corrected chi connectivity index (χ2v) is 34.6. The van der Waals surface area contributed by atoms with Crippen molar-refractivity contribution in [1.29, 1.82) is 0 Å². The average Bonchev–Trinajstić information content (AvgIpc) is 1.72. The number of fused-ring (bicyclic) bond motifs is 6. The maximum Gasteiger partial charge on any atom is 0.226 e. The Bertz CT molecular complexity index is 7070. The Morgan fingerprint density at radius 1 is 0.165 bits per heavy atom. The van der Waals surface area contributed by atoms with Crippen molar-refractivity contribution in [2.75, 3.05) is 0 Å². The lowest BCUT2D eigenvalue weighted by Crippen LogP contribution is -1.99. The molecular weight excluding hydrogens is 1840 g/mol. The van der Waals surface area contributed by atoms with E-state index in [1.54, 1.807) is 6.07 Å². The fraction of sp³-hybridized carbons (Fsp3) is 0. The van der Waals surface area contributed by atoms with Gasteiger partial charge in [-0.1, -0.05) is 381 Å². The van der Waals surface area contributed by atoms with Gasteiger partial charge in [0.05, 0.1) is 28.5 Å². The van der Waals surface area contributed by atoms with Crippen molar-refractivity contribution in [3.05, 3.63) is 442 Å². The van der Waals surface area contributed by atoms with Gasteiger partial charge in [-0.15, -0.1) is 22.7 Å². The molecule has 0 amide bonds. The van der Waals surface area contributed by atoms with Crippen LogP contribution in [-0.2, 0) is 0 Å². The lowest BCUT2D eigenvalue weighted by Gasteiger charge is -2.10. The van der Waals surface area contributed by atoms with E-state index in [9.17, 15) is 0 Å². The minimum atomic E-state index is 0.202. The van der Waals surface area contributed by atoms with E-state index in [-0.39, 0.29) is 5.28 Å². The van der Waals surface area contributed by atoms with E-state index in [0.717, 1.165) is 126 Å². The standard InChI is InChI=1S/C34H19BrN2S2.C22H15BrN2.C21H14BrN3.C16H11ClN2.C15H10ClN3/c35-23-13-9-20(10-14-23)28-19-29(21-11-15-32-26(17-21)24-5-1-3-7-30(24)38-32)37-34(36-28)22-12-16-33-27(18-22)25-6-2-4-8-31(25)39-33;23-19-13-7-12-18(14-19)22-24-20(16-8-3-1-4-9-16)15-21(25-22)17-10-5-2-6-11-17;22-18-13-11-17(12-14-18)21-24-19(15-7-3-1-4-8-15)23-20(25-21)16-9-5-2-6-10-16;17-15-11-14(12-7-3-1-4-8-12)18-16(19-15)13-9-5-2-6-10-13;16-15-18-13(11-7-3-1-4-8-11)17-14(19-15)12-9-5-2-6-10-12/h1-19H;1-15H;1-14H;1-11H;1-10H. The van der Waals surface area contributed by atoms with Gasteiger partial charge in [-0.2, -0.15) is 9.97 Å². The molecule has 12 nitrogen and oxygen atoms in total. The van der Waals surface area contributed by atoms with Crippen molar-refractivity contribution >= 4 is 134 Å². The SMILES string of the molecule is Brc1ccc(-c2cc(-c3ccc4sc5ccccc5c4c3)nc(-c3ccc4sc5ccccc5c4c3)n2)cc1.Brc1ccc(-c2nc(-c3ccccc3)nc(-c3ccccc3)n2)cc1.Brc1cccc(-c2nc(-c3ccccc3)cc(-c3ccccc3)n2)c1.Clc1cc(-c2ccccc2)nc(-c2ccccc2)n1.Clc1nc(-c2ccccc2)nc(-c2ccccc2)n1. The number of hydrogen-bond acceptors (Lipinski definition) is 14. The summed E-state index contributed by atoms with van der Waals surface area (Å²) in [6, 6.07) is 140. The van der Waals surface area contributed by atoms with Crippen LogP contribution in [0.4, 0.5) is 0 Å². The van der Waals surface area contributed by atoms with Crippen molar-refractivity contribution in [1.82, 2.24) is 59.8 Å². The molecule has 15 aromatic carbocycles. The molecule has 608 valence electrons. The molecule has 0 radical (unpaired) electrons. The third kappa shape index (κ3) is 20.7. The molecule has 0 N–H and O–H groups in total. The number of rotatable bonds is 13. The van der Waals surface area contributed by atoms with Crippen LogP contribution in [0.3, 0.4) is 0 Å². The molecule has 19 heteroatoms. The molecule has 0 aliphatic rings. The second-order valence-electron chi connectivity index (χ2n) is 29.0. The first-order valence-corrected chi connectivity index (χ1v) is 45.3. The third-order valence-corrected chi connectivity index (χ3v) is 24.6. The first-order valence-electron chi connectivity index (χ1n) is 40.5. The molecule has 0 spiro atoms. The van der Waals surface area contributed by atoms with Crippen LogP contribution in [0.1, 0.15) is 0 Å². The van der Waals surface area contributed by atoms with Crippen molar-refractivity contribution < 1.29 is 0 Å². The second kappa shape index (κ2) is 39.9. The highest BCUT2D eigenvalue weighted by molar-refractivity contribution is 9.11. The van der Waals surface area contributed by atoms with Crippen molar-refractivity contribution in [2.45, 2.75) is 0 Å². The average molecular weight is 1910 g/mol. The molecule has 127 heavy (non-hydrogen) atoms. The number of thiophene rings is 2. The van der Waals surface area contributed by atoms with Crippen LogP contribution in [0, 0.1) is 0 Å². The summed E-state index contributed by atoms with van der Waals surface area (Å²) in [5.74, 6) is 5.28. The Morgan fingerprint density at radius 3 is 0.795 bits per heavy atom. The minimum absolute atomic E-state index is 0.202. The summed E-state index contributed by atoms with van der Waals surface area (Å²) in [6.07, 6.45) is 0. The highest BCUT2D eigenvalue weighted by Crippen LogP contribution is 2.41. The van der Waals surface area contributed by atoms with E-state index in [1.807, 2.05) is 296 Å². The van der Waals surface area contributed by atoms with Gasteiger partial charge in [-0.3, -0.25) is 0 Å². The van der Waals surface area contributed by atoms with Crippen molar-refractivity contribution in [3.8, 4) is 147 Å². The van der Waals surface area contributed by atoms with Gasteiger partial charge in [0.2, 0.25) is 5.28 Å². The third-order valence-electron chi connectivity index (χ3n) is 20.4. The van der Waals surface area contributed by atoms with E-state index in [4.69, 9.17) is 53.1 Å². The maximum absolute atomic E-state index is 6.10. The zero-order chi connectivity index (χ0) is 86.2. The van der Waals surface area contributed by atoms with Gasteiger partial charge < -0.3 is 0 Å². The molecule has 0 saturated heterocycles. The molecular formula is C108H69Br3Cl2N12S2. The first kappa shape index (κ1) is 83.9. The normalized spacial score (nSPS) is 10.9. The van der Waals surface area contributed by atoms with Crippen molar-refractivity contribution in [2.24, 2.45) is 0 Å². The van der Waals surface area contributed by atoms with Gasteiger partial charge in [0.15, 0.2) is 46.6 Å². The summed E-state index contributed by atoms with van der Waals surface area (Å²) >= 11 is 26.3. The smallest absolute Gasteiger partial charge is 0.226 e. The fourth-order valence-corrected chi connectivity index (χ4v) is 17.6. The fourth-order valence-electron chi connectivity index (χ4n) is 14.2. The van der Waals surface area contributed by atoms with Gasteiger partial charge in [-0.25, -0.2) is 49.8 Å². The van der Waals surface area contributed by atoms with Crippen LogP contribution in [0.5, 0.6) is 0 Å². The van der Waals surface area contributed by atoms with Gasteiger partial charge in [-0.05, 0) is 103 Å². The molecule has 22 rings (SSSR count). The Balaban J connectivity index is 0.000000111. The van der Waals surface area contributed by atoms with E-state index in [0.29, 0.717) is 40.1 Å². The number of halogens is 5. The zero-order valence-corrected chi connectivity index (χ0v) is 75.3. The highest BCUT2D eigenvalue weighted by Gasteiger charge is 2.19. The van der Waals surface area contributed by atoms with E-state index in [2.05, 4.69) is 217 Å². The topological polar surface area (TPSA) is 155 Å². The molecule has 7 aromatic heterocycles. The molecule has 0 fully saturated rings. The summed E-state index contributed by atoms with van der Waals surface area (Å²) < 4.78 is 8.25. The Kier molecular flexibility index (Phi) is 26.4. The summed E-state index contributed by atoms with van der Waals surface area (Å²) in [5.41, 5.74) is 17.6. The molecule has 0 unspecified atom stereocenters. The van der Waals surface area contributed by atoms with Crippen LogP contribution in [-0.4, -0.2) is 59.8 Å². The van der Waals surface area contributed by atoms with Crippen molar-refractivity contribution in [3.63, 3.8) is 0 Å². The first-order chi connectivity index (χ1) is 62.4. The highest BCUT2D eigenvalue weighted by atomic mass is 79.9. The van der Waals surface area contributed by atoms with Gasteiger partial charge >= 0.3 is 0 Å². The molecule has 0 aliphatic heterocycles. The quantitative estimate of drug-likeness (QED) is 0.101. The molecule has 7 heterocycles. The van der Waals surface area contributed by atoms with Gasteiger partial charge in [0, 0.05) is 132 Å². The number of benzene rings is 15. The minimum Gasteiger partial charge on any atom is -0.228 e. The zero-order valence-electron chi connectivity index (χ0n) is 67.4. The van der Waals surface area contributed by atoms with Crippen LogP contribution in [0.15, 0.2) is 432 Å². The molecule has 0 aliphatic carbocycles. The summed E-state index contributed by atoms with van der Waals surface area (Å²) in [6.45, 7) is 0. The van der Waals surface area contributed by atoms with Crippen LogP contribution in [0.25, 0.3) is 188 Å². The lowest BCUT2D eigenvalue weighted by molar-refractivity contribution is 1.07. The molecule has 0 bridgehead atoms. The predicted molar refractivity (Wildman–Crippen MR) is 535 cm³/mol. The van der Waals surface area contributed by atoms with E-state index < -0.39 is 0 Å². The monoisotopic (exact) mass is 1900 g/mol. The largest absolute Gasteiger partial charge is 0.228 e. The van der Waals surface area contributed by atoms with E-state index in [1.165, 1.54) is 40.3 Å². The lowest BCUT2D eigenvalue weighted by atomic mass is 10.0. The number of aromatic nitrogens is 12.